The molecule has 0 radical (unpaired) electrons. The van der Waals surface area contributed by atoms with Crippen molar-refractivity contribution >= 4 is 5.91 Å². The fraction of sp³-hybridized carbons (Fsp3) is 0.417. The number of phenols is 1. The summed E-state index contributed by atoms with van der Waals surface area (Å²) in [6, 6.07) is 3.97. The van der Waals surface area contributed by atoms with Crippen molar-refractivity contribution in [2.45, 2.75) is 31.7 Å². The lowest BCUT2D eigenvalue weighted by Crippen LogP contribution is -2.33. The fourth-order valence-corrected chi connectivity index (χ4v) is 2.07. The molecule has 2 N–H and O–H groups in total. The summed E-state index contributed by atoms with van der Waals surface area (Å²) in [5.41, 5.74) is -0.255. The van der Waals surface area contributed by atoms with E-state index < -0.39 is 11.7 Å². The third-order valence-electron chi connectivity index (χ3n) is 2.91. The third-order valence-corrected chi connectivity index (χ3v) is 2.91. The summed E-state index contributed by atoms with van der Waals surface area (Å²) in [7, 11) is 0. The van der Waals surface area contributed by atoms with Crippen molar-refractivity contribution in [2.75, 3.05) is 0 Å². The summed E-state index contributed by atoms with van der Waals surface area (Å²) in [6.07, 6.45) is 4.05. The molecule has 0 aromatic heterocycles. The van der Waals surface area contributed by atoms with Crippen LogP contribution in [0.2, 0.25) is 0 Å². The van der Waals surface area contributed by atoms with E-state index >= 15 is 0 Å². The molecule has 3 nitrogen and oxygen atoms in total. The SMILES string of the molecule is O=C(NC1CCCC1)c1c(O)cccc1F. The van der Waals surface area contributed by atoms with Crippen LogP contribution in [0.15, 0.2) is 18.2 Å². The third kappa shape index (κ3) is 2.15. The highest BCUT2D eigenvalue weighted by Gasteiger charge is 2.21. The van der Waals surface area contributed by atoms with Gasteiger partial charge in [-0.15, -0.1) is 0 Å². The van der Waals surface area contributed by atoms with Gasteiger partial charge < -0.3 is 10.4 Å². The van der Waals surface area contributed by atoms with Crippen LogP contribution in [0.5, 0.6) is 5.75 Å². The Bertz CT molecular complexity index is 380. The zero-order chi connectivity index (χ0) is 11.5. The van der Waals surface area contributed by atoms with Crippen LogP contribution in [0.4, 0.5) is 4.39 Å². The van der Waals surface area contributed by atoms with Crippen molar-refractivity contribution in [3.05, 3.63) is 29.6 Å². The van der Waals surface area contributed by atoms with Gasteiger partial charge in [0.15, 0.2) is 0 Å². The Kier molecular flexibility index (Phi) is 3.08. The summed E-state index contributed by atoms with van der Waals surface area (Å²) in [4.78, 5) is 11.7. The summed E-state index contributed by atoms with van der Waals surface area (Å²) in [5.74, 6) is -1.52. The highest BCUT2D eigenvalue weighted by atomic mass is 19.1. The molecular weight excluding hydrogens is 209 g/mol. The normalized spacial score (nSPS) is 16.3. The van der Waals surface area contributed by atoms with E-state index in [1.54, 1.807) is 0 Å². The number of rotatable bonds is 2. The van der Waals surface area contributed by atoms with E-state index in [4.69, 9.17) is 0 Å². The van der Waals surface area contributed by atoms with E-state index in [1.807, 2.05) is 0 Å². The topological polar surface area (TPSA) is 49.3 Å². The second kappa shape index (κ2) is 4.51. The van der Waals surface area contributed by atoms with Gasteiger partial charge in [-0.25, -0.2) is 4.39 Å². The Morgan fingerprint density at radius 2 is 2.06 bits per heavy atom. The lowest BCUT2D eigenvalue weighted by molar-refractivity contribution is 0.0931. The first-order valence-corrected chi connectivity index (χ1v) is 5.47. The van der Waals surface area contributed by atoms with Gasteiger partial charge in [-0.3, -0.25) is 4.79 Å². The zero-order valence-corrected chi connectivity index (χ0v) is 8.87. The quantitative estimate of drug-likeness (QED) is 0.807. The molecule has 1 aliphatic rings. The molecule has 1 aromatic carbocycles. The minimum Gasteiger partial charge on any atom is -0.507 e. The molecule has 0 atom stereocenters. The van der Waals surface area contributed by atoms with E-state index in [2.05, 4.69) is 5.32 Å². The van der Waals surface area contributed by atoms with Crippen molar-refractivity contribution in [3.8, 4) is 5.75 Å². The molecule has 1 amide bonds. The molecule has 16 heavy (non-hydrogen) atoms. The maximum atomic E-state index is 13.4. The first-order valence-electron chi connectivity index (χ1n) is 5.47. The van der Waals surface area contributed by atoms with Gasteiger partial charge in [-0.05, 0) is 25.0 Å². The standard InChI is InChI=1S/C12H14FNO2/c13-9-6-3-7-10(15)11(9)12(16)14-8-4-1-2-5-8/h3,6-8,15H,1-2,4-5H2,(H,14,16). The Morgan fingerprint density at radius 3 is 2.69 bits per heavy atom. The lowest BCUT2D eigenvalue weighted by atomic mass is 10.1. The minimum atomic E-state index is -0.685. The van der Waals surface area contributed by atoms with Gasteiger partial charge >= 0.3 is 0 Å². The van der Waals surface area contributed by atoms with Crippen molar-refractivity contribution in [3.63, 3.8) is 0 Å². The van der Waals surface area contributed by atoms with E-state index in [-0.39, 0.29) is 17.4 Å². The minimum absolute atomic E-state index is 0.117. The van der Waals surface area contributed by atoms with Crippen molar-refractivity contribution in [2.24, 2.45) is 0 Å². The molecule has 1 saturated carbocycles. The first kappa shape index (κ1) is 10.9. The Balaban J connectivity index is 2.13. The van der Waals surface area contributed by atoms with Gasteiger partial charge in [-0.2, -0.15) is 0 Å². The summed E-state index contributed by atoms with van der Waals surface area (Å²) < 4.78 is 13.4. The highest BCUT2D eigenvalue weighted by molar-refractivity contribution is 5.97. The number of nitrogens with one attached hydrogen (secondary N) is 1. The summed E-state index contributed by atoms with van der Waals surface area (Å²) >= 11 is 0. The Labute approximate surface area is 93.3 Å². The number of carbonyl (C=O) groups is 1. The number of hydrogen-bond acceptors (Lipinski definition) is 2. The van der Waals surface area contributed by atoms with Gasteiger partial charge in [0.2, 0.25) is 0 Å². The van der Waals surface area contributed by atoms with Crippen LogP contribution in [0, 0.1) is 5.82 Å². The number of halogens is 1. The number of benzene rings is 1. The van der Waals surface area contributed by atoms with Gasteiger partial charge in [-0.1, -0.05) is 18.9 Å². The maximum Gasteiger partial charge on any atom is 0.258 e. The highest BCUT2D eigenvalue weighted by Crippen LogP contribution is 2.22. The van der Waals surface area contributed by atoms with Crippen molar-refractivity contribution in [1.29, 1.82) is 0 Å². The van der Waals surface area contributed by atoms with E-state index in [0.717, 1.165) is 25.7 Å². The Morgan fingerprint density at radius 1 is 1.38 bits per heavy atom. The smallest absolute Gasteiger partial charge is 0.258 e. The molecule has 0 aliphatic heterocycles. The molecule has 1 aliphatic carbocycles. The second-order valence-electron chi connectivity index (χ2n) is 4.09. The van der Waals surface area contributed by atoms with E-state index in [9.17, 15) is 14.3 Å². The average molecular weight is 223 g/mol. The molecular formula is C12H14FNO2. The Hall–Kier alpha value is -1.58. The van der Waals surface area contributed by atoms with Crippen molar-refractivity contribution < 1.29 is 14.3 Å². The maximum absolute atomic E-state index is 13.4. The van der Waals surface area contributed by atoms with Crippen LogP contribution in [0.1, 0.15) is 36.0 Å². The zero-order valence-electron chi connectivity index (χ0n) is 8.87. The molecule has 1 fully saturated rings. The number of amides is 1. The molecule has 86 valence electrons. The molecule has 0 heterocycles. The monoisotopic (exact) mass is 223 g/mol. The van der Waals surface area contributed by atoms with Gasteiger partial charge in [0.05, 0.1) is 0 Å². The second-order valence-corrected chi connectivity index (χ2v) is 4.09. The largest absolute Gasteiger partial charge is 0.507 e. The fourth-order valence-electron chi connectivity index (χ4n) is 2.07. The lowest BCUT2D eigenvalue weighted by Gasteiger charge is -2.12. The van der Waals surface area contributed by atoms with Crippen LogP contribution in [0.3, 0.4) is 0 Å². The molecule has 0 unspecified atom stereocenters. The van der Waals surface area contributed by atoms with Crippen molar-refractivity contribution in [1.82, 2.24) is 5.32 Å². The van der Waals surface area contributed by atoms with E-state index in [0.29, 0.717) is 0 Å². The predicted octanol–water partition coefficient (Wildman–Crippen LogP) is 2.20. The first-order chi connectivity index (χ1) is 7.68. The molecule has 1 aromatic rings. The number of phenolic OH excluding ortho intramolecular Hbond substituents is 1. The summed E-state index contributed by atoms with van der Waals surface area (Å²) in [6.45, 7) is 0. The summed E-state index contributed by atoms with van der Waals surface area (Å²) in [5, 5.41) is 12.2. The number of carbonyl (C=O) groups excluding carboxylic acids is 1. The van der Waals surface area contributed by atoms with Gasteiger partial charge in [0.1, 0.15) is 17.1 Å². The van der Waals surface area contributed by atoms with Crippen LogP contribution in [0.25, 0.3) is 0 Å². The molecule has 0 saturated heterocycles. The molecule has 0 spiro atoms. The predicted molar refractivity (Wildman–Crippen MR) is 57.8 cm³/mol. The van der Waals surface area contributed by atoms with Crippen LogP contribution in [-0.2, 0) is 0 Å². The van der Waals surface area contributed by atoms with Gasteiger partial charge in [0.25, 0.3) is 5.91 Å². The molecule has 0 bridgehead atoms. The molecule has 4 heteroatoms. The number of aromatic hydroxyl groups is 1. The number of hydrogen-bond donors (Lipinski definition) is 2. The average Bonchev–Trinajstić information content (AvgIpc) is 2.70. The van der Waals surface area contributed by atoms with E-state index in [1.165, 1.54) is 18.2 Å². The van der Waals surface area contributed by atoms with Crippen LogP contribution < -0.4 is 5.32 Å². The van der Waals surface area contributed by atoms with Crippen LogP contribution >= 0.6 is 0 Å². The molecule has 2 rings (SSSR count). The van der Waals surface area contributed by atoms with Crippen LogP contribution in [-0.4, -0.2) is 17.1 Å². The van der Waals surface area contributed by atoms with Gasteiger partial charge in [0, 0.05) is 6.04 Å².